The Morgan fingerprint density at radius 2 is 1.48 bits per heavy atom. The minimum absolute atomic E-state index is 0.0113. The molecule has 0 aromatic heterocycles. The quantitative estimate of drug-likeness (QED) is 0.741. The first-order chi connectivity index (χ1) is 13.4. The Kier molecular flexibility index (Phi) is 6.93. The van der Waals surface area contributed by atoms with E-state index < -0.39 is 5.60 Å². The van der Waals surface area contributed by atoms with Crippen LogP contribution in [0, 0.1) is 5.92 Å². The van der Waals surface area contributed by atoms with E-state index >= 15 is 0 Å². The molecule has 2 N–H and O–H groups in total. The van der Waals surface area contributed by atoms with Crippen molar-refractivity contribution in [2.75, 3.05) is 13.1 Å². The van der Waals surface area contributed by atoms with Gasteiger partial charge in [-0.2, -0.15) is 0 Å². The number of nitrogens with one attached hydrogen (secondary N) is 2. The maximum absolute atomic E-state index is 12.4. The molecule has 29 heavy (non-hydrogen) atoms. The SMILES string of the molecule is CC(C)(C)OC(=O)N1CCC(C(=O)NNC(=O)c2ccc(C(C)(C)C)cc2)CC1. The molecule has 7 nitrogen and oxygen atoms in total. The van der Waals surface area contributed by atoms with Gasteiger partial charge < -0.3 is 9.64 Å². The van der Waals surface area contributed by atoms with Gasteiger partial charge in [0.05, 0.1) is 0 Å². The number of benzene rings is 1. The number of rotatable bonds is 2. The molecule has 1 aliphatic rings. The van der Waals surface area contributed by atoms with Gasteiger partial charge in [-0.15, -0.1) is 0 Å². The summed E-state index contributed by atoms with van der Waals surface area (Å²) < 4.78 is 5.36. The van der Waals surface area contributed by atoms with Crippen LogP contribution in [-0.2, 0) is 14.9 Å². The molecule has 2 rings (SSSR count). The van der Waals surface area contributed by atoms with Crippen molar-refractivity contribution in [2.24, 2.45) is 5.92 Å². The van der Waals surface area contributed by atoms with Gasteiger partial charge in [-0.05, 0) is 56.7 Å². The lowest BCUT2D eigenvalue weighted by molar-refractivity contribution is -0.127. The second kappa shape index (κ2) is 8.84. The average molecular weight is 404 g/mol. The molecule has 0 spiro atoms. The summed E-state index contributed by atoms with van der Waals surface area (Å²) in [4.78, 5) is 38.3. The third kappa shape index (κ3) is 6.76. The lowest BCUT2D eigenvalue weighted by Gasteiger charge is -2.32. The maximum atomic E-state index is 12.4. The molecule has 1 aromatic rings. The standard InChI is InChI=1S/C22H33N3O4/c1-21(2,3)17-9-7-15(8-10-17)18(26)23-24-19(27)16-11-13-25(14-12-16)20(28)29-22(4,5)6/h7-10,16H,11-14H2,1-6H3,(H,23,26)(H,24,27). The zero-order chi connectivity index (χ0) is 21.8. The normalized spacial score (nSPS) is 15.6. The molecule has 0 saturated carbocycles. The molecule has 1 saturated heterocycles. The Hall–Kier alpha value is -2.57. The number of hydrogen-bond donors (Lipinski definition) is 2. The first-order valence-electron chi connectivity index (χ1n) is 10.1. The summed E-state index contributed by atoms with van der Waals surface area (Å²) in [5.41, 5.74) is 6.07. The summed E-state index contributed by atoms with van der Waals surface area (Å²) in [5, 5.41) is 0. The highest BCUT2D eigenvalue weighted by atomic mass is 16.6. The summed E-state index contributed by atoms with van der Waals surface area (Å²) in [5.74, 6) is -0.851. The monoisotopic (exact) mass is 403 g/mol. The summed E-state index contributed by atoms with van der Waals surface area (Å²) in [6, 6.07) is 7.34. The molecule has 0 radical (unpaired) electrons. The van der Waals surface area contributed by atoms with Crippen LogP contribution in [0.5, 0.6) is 0 Å². The summed E-state index contributed by atoms with van der Waals surface area (Å²) in [7, 11) is 0. The third-order valence-corrected chi connectivity index (χ3v) is 4.83. The molecule has 3 amide bonds. The van der Waals surface area contributed by atoms with E-state index in [4.69, 9.17) is 4.74 Å². The van der Waals surface area contributed by atoms with E-state index in [1.54, 1.807) is 17.0 Å². The fraction of sp³-hybridized carbons (Fsp3) is 0.591. The predicted octanol–water partition coefficient (Wildman–Crippen LogP) is 3.39. The molecule has 160 valence electrons. The van der Waals surface area contributed by atoms with Crippen molar-refractivity contribution in [1.82, 2.24) is 15.8 Å². The van der Waals surface area contributed by atoms with Crippen LogP contribution >= 0.6 is 0 Å². The molecule has 0 aliphatic carbocycles. The third-order valence-electron chi connectivity index (χ3n) is 4.83. The van der Waals surface area contributed by atoms with Crippen molar-refractivity contribution >= 4 is 17.9 Å². The van der Waals surface area contributed by atoms with E-state index in [0.717, 1.165) is 5.56 Å². The van der Waals surface area contributed by atoms with Gasteiger partial charge in [-0.3, -0.25) is 20.4 Å². The fourth-order valence-electron chi connectivity index (χ4n) is 3.06. The number of likely N-dealkylation sites (tertiary alicyclic amines) is 1. The minimum Gasteiger partial charge on any atom is -0.444 e. The summed E-state index contributed by atoms with van der Waals surface area (Å²) >= 11 is 0. The number of ether oxygens (including phenoxy) is 1. The molecule has 1 aromatic carbocycles. The van der Waals surface area contributed by atoms with E-state index in [1.165, 1.54) is 0 Å². The molecule has 0 unspecified atom stereocenters. The zero-order valence-corrected chi connectivity index (χ0v) is 18.3. The molecule has 0 atom stereocenters. The first kappa shape index (κ1) is 22.7. The van der Waals surface area contributed by atoms with Gasteiger partial charge in [0.2, 0.25) is 5.91 Å². The lowest BCUT2D eigenvalue weighted by atomic mass is 9.87. The van der Waals surface area contributed by atoms with Crippen molar-refractivity contribution in [3.8, 4) is 0 Å². The highest BCUT2D eigenvalue weighted by Crippen LogP contribution is 2.22. The van der Waals surface area contributed by atoms with Gasteiger partial charge in [0.25, 0.3) is 5.91 Å². The molecule has 1 heterocycles. The number of carbonyl (C=O) groups is 3. The number of hydrazine groups is 1. The van der Waals surface area contributed by atoms with Crippen molar-refractivity contribution < 1.29 is 19.1 Å². The van der Waals surface area contributed by atoms with Crippen molar-refractivity contribution in [2.45, 2.75) is 65.4 Å². The van der Waals surface area contributed by atoms with E-state index in [1.807, 2.05) is 32.9 Å². The van der Waals surface area contributed by atoms with Gasteiger partial charge in [-0.1, -0.05) is 32.9 Å². The minimum atomic E-state index is -0.541. The summed E-state index contributed by atoms with van der Waals surface area (Å²) in [6.45, 7) is 12.7. The van der Waals surface area contributed by atoms with E-state index in [-0.39, 0.29) is 29.2 Å². The molecule has 0 bridgehead atoms. The lowest BCUT2D eigenvalue weighted by Crippen LogP contribution is -2.48. The van der Waals surface area contributed by atoms with Gasteiger partial charge >= 0.3 is 6.09 Å². The predicted molar refractivity (Wildman–Crippen MR) is 111 cm³/mol. The van der Waals surface area contributed by atoms with Gasteiger partial charge in [-0.25, -0.2) is 4.79 Å². The van der Waals surface area contributed by atoms with Gasteiger partial charge in [0.1, 0.15) is 5.60 Å². The highest BCUT2D eigenvalue weighted by molar-refractivity contribution is 5.95. The second-order valence-corrected chi connectivity index (χ2v) is 9.51. The molecule has 7 heteroatoms. The Morgan fingerprint density at radius 1 is 0.931 bits per heavy atom. The van der Waals surface area contributed by atoms with Gasteiger partial charge in [0.15, 0.2) is 0 Å². The number of nitrogens with zero attached hydrogens (tertiary/aromatic N) is 1. The smallest absolute Gasteiger partial charge is 0.410 e. The molecule has 1 fully saturated rings. The number of piperidine rings is 1. The van der Waals surface area contributed by atoms with Gasteiger partial charge in [0, 0.05) is 24.6 Å². The summed E-state index contributed by atoms with van der Waals surface area (Å²) in [6.07, 6.45) is 0.700. The Balaban J connectivity index is 1.80. The number of amides is 3. The van der Waals surface area contributed by atoms with Crippen LogP contribution in [0.3, 0.4) is 0 Å². The highest BCUT2D eigenvalue weighted by Gasteiger charge is 2.30. The zero-order valence-electron chi connectivity index (χ0n) is 18.3. The Bertz CT molecular complexity index is 737. The largest absolute Gasteiger partial charge is 0.444 e. The van der Waals surface area contributed by atoms with Crippen molar-refractivity contribution in [3.63, 3.8) is 0 Å². The van der Waals surface area contributed by atoms with Crippen molar-refractivity contribution in [1.29, 1.82) is 0 Å². The van der Waals surface area contributed by atoms with E-state index in [9.17, 15) is 14.4 Å². The molecular weight excluding hydrogens is 370 g/mol. The number of hydrogen-bond acceptors (Lipinski definition) is 4. The van der Waals surface area contributed by atoms with Crippen LogP contribution in [0.4, 0.5) is 4.79 Å². The Morgan fingerprint density at radius 3 is 1.97 bits per heavy atom. The number of carbonyl (C=O) groups excluding carboxylic acids is 3. The fourth-order valence-corrected chi connectivity index (χ4v) is 3.06. The van der Waals surface area contributed by atoms with Crippen LogP contribution in [0.15, 0.2) is 24.3 Å². The van der Waals surface area contributed by atoms with Crippen LogP contribution in [0.25, 0.3) is 0 Å². The van der Waals surface area contributed by atoms with Crippen LogP contribution in [0.1, 0.15) is 70.3 Å². The van der Waals surface area contributed by atoms with E-state index in [0.29, 0.717) is 31.5 Å². The van der Waals surface area contributed by atoms with Crippen LogP contribution in [0.2, 0.25) is 0 Å². The molecular formula is C22H33N3O4. The second-order valence-electron chi connectivity index (χ2n) is 9.51. The average Bonchev–Trinajstić information content (AvgIpc) is 2.64. The van der Waals surface area contributed by atoms with Crippen molar-refractivity contribution in [3.05, 3.63) is 35.4 Å². The van der Waals surface area contributed by atoms with Crippen LogP contribution < -0.4 is 10.9 Å². The van der Waals surface area contributed by atoms with Crippen LogP contribution in [-0.4, -0.2) is 41.5 Å². The Labute approximate surface area is 173 Å². The first-order valence-corrected chi connectivity index (χ1v) is 10.1. The maximum Gasteiger partial charge on any atom is 0.410 e. The van der Waals surface area contributed by atoms with E-state index in [2.05, 4.69) is 31.6 Å². The topological polar surface area (TPSA) is 87.7 Å². The molecule has 1 aliphatic heterocycles.